The highest BCUT2D eigenvalue weighted by Gasteiger charge is 2.23. The summed E-state index contributed by atoms with van der Waals surface area (Å²) in [4.78, 5) is 21.7. The molecule has 0 bridgehead atoms. The monoisotopic (exact) mass is 287 g/mol. The van der Waals surface area contributed by atoms with Crippen molar-refractivity contribution in [3.63, 3.8) is 0 Å². The van der Waals surface area contributed by atoms with Gasteiger partial charge in [-0.15, -0.1) is 0 Å². The number of hydrogen-bond acceptors (Lipinski definition) is 5. The van der Waals surface area contributed by atoms with E-state index in [0.29, 0.717) is 11.8 Å². The van der Waals surface area contributed by atoms with Crippen molar-refractivity contribution in [2.45, 2.75) is 12.5 Å². The van der Waals surface area contributed by atoms with E-state index in [2.05, 4.69) is 0 Å². The van der Waals surface area contributed by atoms with Crippen LogP contribution in [0.4, 0.5) is 0 Å². The SMILES string of the molecule is COc1c(C(N)CC(=O)O)cc(Cl)c(C=O)c1OC. The Morgan fingerprint density at radius 2 is 2.05 bits per heavy atom. The first kappa shape index (κ1) is 15.3. The Balaban J connectivity index is 3.43. The second-order valence-electron chi connectivity index (χ2n) is 3.75. The minimum Gasteiger partial charge on any atom is -0.492 e. The highest BCUT2D eigenvalue weighted by molar-refractivity contribution is 6.33. The Hall–Kier alpha value is -1.79. The summed E-state index contributed by atoms with van der Waals surface area (Å²) in [6.07, 6.45) is 0.243. The summed E-state index contributed by atoms with van der Waals surface area (Å²) in [6, 6.07) is 0.597. The van der Waals surface area contributed by atoms with Crippen LogP contribution >= 0.6 is 11.6 Å². The van der Waals surface area contributed by atoms with Crippen LogP contribution in [0.2, 0.25) is 5.02 Å². The van der Waals surface area contributed by atoms with Gasteiger partial charge in [0.05, 0.1) is 31.2 Å². The van der Waals surface area contributed by atoms with Crippen molar-refractivity contribution in [1.29, 1.82) is 0 Å². The summed E-state index contributed by atoms with van der Waals surface area (Å²) in [7, 11) is 2.73. The second-order valence-corrected chi connectivity index (χ2v) is 4.16. The third-order valence-corrected chi connectivity index (χ3v) is 2.89. The van der Waals surface area contributed by atoms with Gasteiger partial charge in [-0.05, 0) is 6.07 Å². The molecule has 0 spiro atoms. The number of hydrogen-bond donors (Lipinski definition) is 2. The third kappa shape index (κ3) is 3.15. The van der Waals surface area contributed by atoms with Gasteiger partial charge in [0.1, 0.15) is 0 Å². The Morgan fingerprint density at radius 1 is 1.47 bits per heavy atom. The fraction of sp³-hybridized carbons (Fsp3) is 0.333. The van der Waals surface area contributed by atoms with E-state index in [0.717, 1.165) is 0 Å². The minimum atomic E-state index is -1.05. The van der Waals surface area contributed by atoms with Gasteiger partial charge in [-0.25, -0.2) is 0 Å². The fourth-order valence-electron chi connectivity index (χ4n) is 1.74. The van der Waals surface area contributed by atoms with Crippen molar-refractivity contribution in [3.8, 4) is 11.5 Å². The van der Waals surface area contributed by atoms with Gasteiger partial charge in [-0.1, -0.05) is 11.6 Å². The summed E-state index contributed by atoms with van der Waals surface area (Å²) in [5.74, 6) is -0.701. The topological polar surface area (TPSA) is 98.9 Å². The molecule has 0 saturated heterocycles. The van der Waals surface area contributed by atoms with Crippen molar-refractivity contribution >= 4 is 23.9 Å². The maximum Gasteiger partial charge on any atom is 0.305 e. The van der Waals surface area contributed by atoms with Gasteiger partial charge in [0.15, 0.2) is 17.8 Å². The highest BCUT2D eigenvalue weighted by Crippen LogP contribution is 2.41. The van der Waals surface area contributed by atoms with Crippen LogP contribution in [0.1, 0.15) is 28.4 Å². The lowest BCUT2D eigenvalue weighted by Gasteiger charge is -2.19. The van der Waals surface area contributed by atoms with Gasteiger partial charge < -0.3 is 20.3 Å². The molecule has 0 heterocycles. The molecule has 1 aromatic carbocycles. The lowest BCUT2D eigenvalue weighted by molar-refractivity contribution is -0.137. The van der Waals surface area contributed by atoms with Crippen LogP contribution in [-0.4, -0.2) is 31.6 Å². The predicted molar refractivity (Wildman–Crippen MR) is 69.1 cm³/mol. The van der Waals surface area contributed by atoms with Crippen LogP contribution in [0.5, 0.6) is 11.5 Å². The van der Waals surface area contributed by atoms with E-state index in [1.807, 2.05) is 0 Å². The van der Waals surface area contributed by atoms with Crippen LogP contribution in [0, 0.1) is 0 Å². The van der Waals surface area contributed by atoms with Gasteiger partial charge in [0, 0.05) is 11.6 Å². The molecule has 0 amide bonds. The zero-order valence-corrected chi connectivity index (χ0v) is 11.2. The Bertz CT molecular complexity index is 503. The molecule has 0 aliphatic carbocycles. The van der Waals surface area contributed by atoms with Gasteiger partial charge in [0.25, 0.3) is 0 Å². The number of carbonyl (C=O) groups is 2. The first-order valence-electron chi connectivity index (χ1n) is 5.33. The standard InChI is InChI=1S/C12H14ClNO5/c1-18-11-6(9(14)4-10(16)17)3-8(13)7(5-15)12(11)19-2/h3,5,9H,4,14H2,1-2H3,(H,16,17). The molecule has 1 atom stereocenters. The number of carboxylic acid groups (broad SMARTS) is 1. The predicted octanol–water partition coefficient (Wildman–Crippen LogP) is 1.64. The molecule has 0 saturated carbocycles. The van der Waals surface area contributed by atoms with Crippen molar-refractivity contribution in [2.24, 2.45) is 5.73 Å². The molecule has 0 aliphatic rings. The number of halogens is 1. The largest absolute Gasteiger partial charge is 0.492 e. The van der Waals surface area contributed by atoms with Crippen molar-refractivity contribution in [3.05, 3.63) is 22.2 Å². The number of aldehydes is 1. The molecule has 19 heavy (non-hydrogen) atoms. The third-order valence-electron chi connectivity index (χ3n) is 2.57. The fourth-order valence-corrected chi connectivity index (χ4v) is 1.99. The van der Waals surface area contributed by atoms with Crippen molar-refractivity contribution in [1.82, 2.24) is 0 Å². The molecule has 0 fully saturated rings. The Kier molecular flexibility index (Phi) is 5.14. The van der Waals surface area contributed by atoms with Crippen LogP contribution in [-0.2, 0) is 4.79 Å². The number of carbonyl (C=O) groups excluding carboxylic acids is 1. The summed E-state index contributed by atoms with van der Waals surface area (Å²) in [5, 5.41) is 8.89. The van der Waals surface area contributed by atoms with E-state index in [-0.39, 0.29) is 28.5 Å². The van der Waals surface area contributed by atoms with Gasteiger partial charge in [0.2, 0.25) is 0 Å². The lowest BCUT2D eigenvalue weighted by atomic mass is 10.0. The molecule has 1 unspecified atom stereocenters. The second kappa shape index (κ2) is 6.40. The van der Waals surface area contributed by atoms with Crippen molar-refractivity contribution in [2.75, 3.05) is 14.2 Å². The number of nitrogens with two attached hydrogens (primary N) is 1. The number of aliphatic carboxylic acids is 1. The van der Waals surface area contributed by atoms with Gasteiger partial charge in [-0.3, -0.25) is 9.59 Å². The Labute approximate surface area is 115 Å². The minimum absolute atomic E-state index is 0.128. The van der Waals surface area contributed by atoms with Crippen molar-refractivity contribution < 1.29 is 24.2 Å². The number of carboxylic acids is 1. The average molecular weight is 288 g/mol. The number of rotatable bonds is 6. The maximum absolute atomic E-state index is 11.0. The molecule has 0 aliphatic heterocycles. The van der Waals surface area contributed by atoms with Gasteiger partial charge >= 0.3 is 5.97 Å². The number of methoxy groups -OCH3 is 2. The van der Waals surface area contributed by atoms with Crippen LogP contribution < -0.4 is 15.2 Å². The molecule has 0 aromatic heterocycles. The quantitative estimate of drug-likeness (QED) is 0.772. The van der Waals surface area contributed by atoms with E-state index in [9.17, 15) is 9.59 Å². The van der Waals surface area contributed by atoms with Crippen LogP contribution in [0.3, 0.4) is 0 Å². The molecule has 3 N–H and O–H groups in total. The normalized spacial score (nSPS) is 11.8. The van der Waals surface area contributed by atoms with E-state index in [4.69, 9.17) is 31.9 Å². The van der Waals surface area contributed by atoms with Crippen LogP contribution in [0.15, 0.2) is 6.07 Å². The summed E-state index contributed by atoms with van der Waals surface area (Å²) in [6.45, 7) is 0. The Morgan fingerprint density at radius 3 is 2.47 bits per heavy atom. The summed E-state index contributed by atoms with van der Waals surface area (Å²) < 4.78 is 10.2. The molecule has 7 heteroatoms. The maximum atomic E-state index is 11.0. The average Bonchev–Trinajstić information content (AvgIpc) is 2.36. The molecule has 6 nitrogen and oxygen atoms in total. The molecule has 1 aromatic rings. The first-order chi connectivity index (χ1) is 8.96. The zero-order valence-electron chi connectivity index (χ0n) is 10.5. The number of benzene rings is 1. The molecule has 104 valence electrons. The summed E-state index contributed by atoms with van der Waals surface area (Å²) >= 11 is 5.95. The van der Waals surface area contributed by atoms with E-state index in [1.165, 1.54) is 20.3 Å². The zero-order chi connectivity index (χ0) is 14.6. The molecular formula is C12H14ClNO5. The van der Waals surface area contributed by atoms with E-state index >= 15 is 0 Å². The molecule has 1 rings (SSSR count). The first-order valence-corrected chi connectivity index (χ1v) is 5.70. The van der Waals surface area contributed by atoms with E-state index in [1.54, 1.807) is 0 Å². The van der Waals surface area contributed by atoms with E-state index < -0.39 is 12.0 Å². The number of ether oxygens (including phenoxy) is 2. The highest BCUT2D eigenvalue weighted by atomic mass is 35.5. The smallest absolute Gasteiger partial charge is 0.305 e. The van der Waals surface area contributed by atoms with Crippen LogP contribution in [0.25, 0.3) is 0 Å². The van der Waals surface area contributed by atoms with Gasteiger partial charge in [-0.2, -0.15) is 0 Å². The molecule has 0 radical (unpaired) electrons. The lowest BCUT2D eigenvalue weighted by Crippen LogP contribution is -2.16. The molecular weight excluding hydrogens is 274 g/mol. The summed E-state index contributed by atoms with van der Waals surface area (Å²) in [5.41, 5.74) is 6.30.